The van der Waals surface area contributed by atoms with Gasteiger partial charge in [0.15, 0.2) is 5.69 Å². The second-order valence-electron chi connectivity index (χ2n) is 6.49. The highest BCUT2D eigenvalue weighted by Crippen LogP contribution is 2.38. The van der Waals surface area contributed by atoms with Gasteiger partial charge in [-0.1, -0.05) is 13.8 Å². The number of hydrogen-bond donors (Lipinski definition) is 0. The van der Waals surface area contributed by atoms with Crippen molar-refractivity contribution < 1.29 is 26.7 Å². The smallest absolute Gasteiger partial charge is 0.267 e. The normalized spacial score (nSPS) is 11.9. The lowest BCUT2D eigenvalue weighted by molar-refractivity contribution is -0.141. The van der Waals surface area contributed by atoms with Gasteiger partial charge in [-0.3, -0.25) is 4.79 Å². The van der Waals surface area contributed by atoms with Gasteiger partial charge in [0.25, 0.3) is 12.3 Å². The lowest BCUT2D eigenvalue weighted by Gasteiger charge is -2.22. The van der Waals surface area contributed by atoms with Crippen molar-refractivity contribution in [3.8, 4) is 6.07 Å². The zero-order valence-electron chi connectivity index (χ0n) is 15.1. The highest BCUT2D eigenvalue weighted by molar-refractivity contribution is 5.98. The van der Waals surface area contributed by atoms with E-state index in [9.17, 15) is 26.7 Å². The summed E-state index contributed by atoms with van der Waals surface area (Å²) in [6.45, 7) is 3.37. The number of nitrogens with zero attached hydrogens (tertiary/aromatic N) is 4. The van der Waals surface area contributed by atoms with Crippen molar-refractivity contribution in [2.75, 3.05) is 0 Å². The maximum absolute atomic E-state index is 13.7. The first-order valence-electron chi connectivity index (χ1n) is 8.40. The molecular weight excluding hydrogens is 383 g/mol. The van der Waals surface area contributed by atoms with Crippen molar-refractivity contribution in [1.82, 2.24) is 14.8 Å². The predicted molar refractivity (Wildman–Crippen MR) is 88.6 cm³/mol. The van der Waals surface area contributed by atoms with E-state index in [1.165, 1.54) is 12.3 Å². The number of alkyl halides is 5. The van der Waals surface area contributed by atoms with Crippen LogP contribution in [0, 0.1) is 17.2 Å². The molecule has 0 amide bonds. The summed E-state index contributed by atoms with van der Waals surface area (Å²) >= 11 is 0. The lowest BCUT2D eigenvalue weighted by Crippen LogP contribution is -2.26. The minimum atomic E-state index is -5.12. The first kappa shape index (κ1) is 21.5. The molecule has 0 aliphatic rings. The standard InChI is InChI=1S/C18H17F5N4O/c1-10(2)9-12-11(5-3-6-24)14(16(19)20)26-15(18(21,22)23)13(12)17(28)27-8-4-7-25-27/h4,7-8,10,16H,3,5,9H2,1-2H3. The van der Waals surface area contributed by atoms with Gasteiger partial charge in [0.2, 0.25) is 0 Å². The van der Waals surface area contributed by atoms with Crippen LogP contribution in [-0.4, -0.2) is 20.7 Å². The van der Waals surface area contributed by atoms with E-state index in [-0.39, 0.29) is 36.3 Å². The molecule has 0 N–H and O–H groups in total. The molecule has 0 bridgehead atoms. The van der Waals surface area contributed by atoms with Crippen LogP contribution < -0.4 is 0 Å². The van der Waals surface area contributed by atoms with E-state index in [0.29, 0.717) is 4.68 Å². The molecule has 150 valence electrons. The molecule has 28 heavy (non-hydrogen) atoms. The molecule has 2 heterocycles. The van der Waals surface area contributed by atoms with E-state index >= 15 is 0 Å². The maximum atomic E-state index is 13.7. The summed E-state index contributed by atoms with van der Waals surface area (Å²) in [6.07, 6.45) is -6.52. The summed E-state index contributed by atoms with van der Waals surface area (Å²) in [7, 11) is 0. The summed E-state index contributed by atoms with van der Waals surface area (Å²) in [4.78, 5) is 15.9. The molecule has 10 heteroatoms. The number of pyridine rings is 1. The van der Waals surface area contributed by atoms with Crippen molar-refractivity contribution in [2.45, 2.75) is 45.7 Å². The third-order valence-electron chi connectivity index (χ3n) is 3.95. The van der Waals surface area contributed by atoms with E-state index in [1.54, 1.807) is 19.9 Å². The summed E-state index contributed by atoms with van der Waals surface area (Å²) in [6, 6.07) is 3.14. The molecule has 0 aliphatic carbocycles. The number of aromatic nitrogens is 3. The quantitative estimate of drug-likeness (QED) is 0.666. The monoisotopic (exact) mass is 400 g/mol. The van der Waals surface area contributed by atoms with E-state index in [0.717, 1.165) is 6.20 Å². The average Bonchev–Trinajstić information content (AvgIpc) is 3.12. The van der Waals surface area contributed by atoms with E-state index in [4.69, 9.17) is 5.26 Å². The molecule has 0 unspecified atom stereocenters. The molecule has 2 rings (SSSR count). The zero-order chi connectivity index (χ0) is 21.1. The Kier molecular flexibility index (Phi) is 6.48. The summed E-state index contributed by atoms with van der Waals surface area (Å²) in [5.41, 5.74) is -3.87. The molecule has 0 fully saturated rings. The van der Waals surface area contributed by atoms with Crippen LogP contribution in [-0.2, 0) is 19.0 Å². The van der Waals surface area contributed by atoms with Crippen LogP contribution in [0.1, 0.15) is 59.6 Å². The van der Waals surface area contributed by atoms with Gasteiger partial charge in [-0.15, -0.1) is 0 Å². The molecule has 0 spiro atoms. The summed E-state index contributed by atoms with van der Waals surface area (Å²) in [5.74, 6) is -1.35. The molecular formula is C18H17F5N4O. The highest BCUT2D eigenvalue weighted by atomic mass is 19.4. The summed E-state index contributed by atoms with van der Waals surface area (Å²) < 4.78 is 68.7. The number of rotatable bonds is 6. The van der Waals surface area contributed by atoms with Crippen molar-refractivity contribution in [3.05, 3.63) is 46.5 Å². The van der Waals surface area contributed by atoms with Crippen molar-refractivity contribution in [2.24, 2.45) is 5.92 Å². The van der Waals surface area contributed by atoms with Crippen LogP contribution >= 0.6 is 0 Å². The van der Waals surface area contributed by atoms with Gasteiger partial charge in [0, 0.05) is 18.8 Å². The van der Waals surface area contributed by atoms with Gasteiger partial charge in [-0.05, 0) is 36.0 Å². The third-order valence-corrected chi connectivity index (χ3v) is 3.95. The lowest BCUT2D eigenvalue weighted by atomic mass is 9.88. The largest absolute Gasteiger partial charge is 0.434 e. The van der Waals surface area contributed by atoms with Crippen molar-refractivity contribution >= 4 is 5.91 Å². The van der Waals surface area contributed by atoms with Crippen LogP contribution in [0.3, 0.4) is 0 Å². The van der Waals surface area contributed by atoms with E-state index < -0.39 is 35.5 Å². The van der Waals surface area contributed by atoms with Gasteiger partial charge < -0.3 is 0 Å². The van der Waals surface area contributed by atoms with Crippen LogP contribution in [0.2, 0.25) is 0 Å². The molecule has 0 aromatic carbocycles. The van der Waals surface area contributed by atoms with Crippen LogP contribution in [0.5, 0.6) is 0 Å². The van der Waals surface area contributed by atoms with E-state index in [1.807, 2.05) is 0 Å². The number of carbonyl (C=O) groups is 1. The predicted octanol–water partition coefficient (Wildman–Crippen LogP) is 4.58. The van der Waals surface area contributed by atoms with Gasteiger partial charge in [0.05, 0.1) is 11.6 Å². The number of carbonyl (C=O) groups excluding carboxylic acids is 1. The SMILES string of the molecule is CC(C)Cc1c(CCC#N)c(C(F)F)nc(C(F)(F)F)c1C(=O)n1cccn1. The fraction of sp³-hybridized carbons (Fsp3) is 0.444. The second-order valence-corrected chi connectivity index (χ2v) is 6.49. The van der Waals surface area contributed by atoms with E-state index in [2.05, 4.69) is 10.1 Å². The molecule has 0 aliphatic heterocycles. The van der Waals surface area contributed by atoms with Gasteiger partial charge in [-0.2, -0.15) is 23.5 Å². The Labute approximate surface area is 157 Å². The van der Waals surface area contributed by atoms with Crippen LogP contribution in [0.15, 0.2) is 18.5 Å². The number of halogens is 5. The molecule has 2 aromatic rings. The second kappa shape index (κ2) is 8.46. The molecule has 5 nitrogen and oxygen atoms in total. The average molecular weight is 400 g/mol. The van der Waals surface area contributed by atoms with Gasteiger partial charge in [-0.25, -0.2) is 18.4 Å². The van der Waals surface area contributed by atoms with Gasteiger partial charge >= 0.3 is 6.18 Å². The maximum Gasteiger partial charge on any atom is 0.434 e. The van der Waals surface area contributed by atoms with Gasteiger partial charge in [0.1, 0.15) is 5.69 Å². The highest BCUT2D eigenvalue weighted by Gasteiger charge is 2.41. The Bertz CT molecular complexity index is 883. The third kappa shape index (κ3) is 4.52. The summed E-state index contributed by atoms with van der Waals surface area (Å²) in [5, 5.41) is 12.5. The molecule has 2 aromatic heterocycles. The minimum Gasteiger partial charge on any atom is -0.267 e. The zero-order valence-corrected chi connectivity index (χ0v) is 15.1. The molecule has 0 saturated carbocycles. The fourth-order valence-electron chi connectivity index (χ4n) is 2.91. The minimum absolute atomic E-state index is 0.0611. The molecule has 0 atom stereocenters. The Morgan fingerprint density at radius 1 is 1.29 bits per heavy atom. The number of hydrogen-bond acceptors (Lipinski definition) is 4. The first-order chi connectivity index (χ1) is 13.1. The Balaban J connectivity index is 2.91. The van der Waals surface area contributed by atoms with Crippen molar-refractivity contribution in [1.29, 1.82) is 5.26 Å². The van der Waals surface area contributed by atoms with Crippen LogP contribution in [0.25, 0.3) is 0 Å². The van der Waals surface area contributed by atoms with Crippen molar-refractivity contribution in [3.63, 3.8) is 0 Å². The Morgan fingerprint density at radius 2 is 1.96 bits per heavy atom. The number of nitriles is 1. The topological polar surface area (TPSA) is 71.6 Å². The fourth-order valence-corrected chi connectivity index (χ4v) is 2.91. The molecule has 0 radical (unpaired) electrons. The first-order valence-corrected chi connectivity index (χ1v) is 8.40. The van der Waals surface area contributed by atoms with Crippen LogP contribution in [0.4, 0.5) is 22.0 Å². The Morgan fingerprint density at radius 3 is 2.43 bits per heavy atom. The Hall–Kier alpha value is -2.83. The molecule has 0 saturated heterocycles.